The second-order valence-electron chi connectivity index (χ2n) is 33.5. The molecule has 0 aliphatic heterocycles. The predicted octanol–water partition coefficient (Wildman–Crippen LogP) is 27.0. The molecular formula is C88H167N3O4. The Bertz CT molecular complexity index is 1760. The molecule has 3 amide bonds. The van der Waals surface area contributed by atoms with Crippen LogP contribution in [-0.2, 0) is 19.2 Å². The molecule has 3 saturated carbocycles. The number of carbonyl (C=O) groups excluding carboxylic acids is 4. The van der Waals surface area contributed by atoms with Crippen LogP contribution in [0.25, 0.3) is 0 Å². The molecule has 0 heterocycles. The SMILES string of the molecule is CCCCCCCCC1CC(CCCCCCC(=O)C[C@@H]2CCCC[C@@H]2NC(=O)CCCCCCCCCCCCCCCCC(C)C)C(CCCCCCC(=O)N[C@H]2CCCC[C@H]2NC(=O)CCCCCCCCCCCCCCCC(C)C)CC1CCCCCCCC. The maximum absolute atomic E-state index is 13.6. The zero-order chi connectivity index (χ0) is 68.3. The van der Waals surface area contributed by atoms with E-state index in [1.54, 1.807) is 0 Å². The minimum Gasteiger partial charge on any atom is -0.353 e. The molecule has 0 spiro atoms. The molecule has 3 aliphatic carbocycles. The molecule has 3 fully saturated rings. The summed E-state index contributed by atoms with van der Waals surface area (Å²) in [5.41, 5.74) is 0. The fraction of sp³-hybridized carbons (Fsp3) is 0.955. The van der Waals surface area contributed by atoms with Crippen molar-refractivity contribution in [2.24, 2.45) is 41.4 Å². The highest BCUT2D eigenvalue weighted by atomic mass is 16.2. The minimum atomic E-state index is 0.0683. The number of carbonyl (C=O) groups is 4. The first kappa shape index (κ1) is 87.3. The highest BCUT2D eigenvalue weighted by molar-refractivity contribution is 5.79. The van der Waals surface area contributed by atoms with E-state index in [0.29, 0.717) is 43.8 Å². The van der Waals surface area contributed by atoms with Gasteiger partial charge in [-0.05, 0) is 106 Å². The maximum atomic E-state index is 13.6. The summed E-state index contributed by atoms with van der Waals surface area (Å²) in [5, 5.41) is 10.2. The predicted molar refractivity (Wildman–Crippen MR) is 413 cm³/mol. The van der Waals surface area contributed by atoms with Gasteiger partial charge in [0.2, 0.25) is 17.7 Å². The van der Waals surface area contributed by atoms with Crippen molar-refractivity contribution in [3.63, 3.8) is 0 Å². The molecular weight excluding hydrogens is 1160 g/mol. The van der Waals surface area contributed by atoms with Gasteiger partial charge in [-0.15, -0.1) is 0 Å². The van der Waals surface area contributed by atoms with Crippen molar-refractivity contribution in [1.82, 2.24) is 16.0 Å². The van der Waals surface area contributed by atoms with Crippen molar-refractivity contribution in [3.05, 3.63) is 0 Å². The quantitative estimate of drug-likeness (QED) is 0.0528. The summed E-state index contributed by atoms with van der Waals surface area (Å²) in [5.74, 6) is 6.48. The van der Waals surface area contributed by atoms with Crippen LogP contribution >= 0.6 is 0 Å². The number of rotatable bonds is 66. The lowest BCUT2D eigenvalue weighted by Gasteiger charge is -2.42. The van der Waals surface area contributed by atoms with Crippen molar-refractivity contribution < 1.29 is 19.2 Å². The van der Waals surface area contributed by atoms with E-state index >= 15 is 0 Å². The van der Waals surface area contributed by atoms with Crippen LogP contribution in [0.1, 0.15) is 478 Å². The van der Waals surface area contributed by atoms with E-state index in [4.69, 9.17) is 0 Å². The molecule has 4 unspecified atom stereocenters. The number of unbranched alkanes of at least 4 members (excludes halogenated alkanes) is 41. The Morgan fingerprint density at radius 3 is 0.821 bits per heavy atom. The van der Waals surface area contributed by atoms with Crippen LogP contribution in [-0.4, -0.2) is 41.6 Å². The van der Waals surface area contributed by atoms with Crippen LogP contribution in [0.2, 0.25) is 0 Å². The van der Waals surface area contributed by atoms with Gasteiger partial charge >= 0.3 is 0 Å². The van der Waals surface area contributed by atoms with Crippen molar-refractivity contribution in [2.45, 2.75) is 496 Å². The van der Waals surface area contributed by atoms with E-state index in [1.165, 1.54) is 315 Å². The molecule has 7 heteroatoms. The van der Waals surface area contributed by atoms with Crippen LogP contribution in [0.15, 0.2) is 0 Å². The van der Waals surface area contributed by atoms with Gasteiger partial charge in [0.1, 0.15) is 5.78 Å². The third-order valence-electron chi connectivity index (χ3n) is 23.7. The zero-order valence-electron chi connectivity index (χ0n) is 65.0. The summed E-state index contributed by atoms with van der Waals surface area (Å²) in [7, 11) is 0. The average Bonchev–Trinajstić information content (AvgIpc) is 0.982. The van der Waals surface area contributed by atoms with Gasteiger partial charge in [0, 0.05) is 50.2 Å². The van der Waals surface area contributed by atoms with E-state index in [-0.39, 0.29) is 35.8 Å². The number of amides is 3. The standard InChI is InChI=1S/C88H167N3O4/c1-7-9-11-13-36-46-60-77-72-79(62-48-40-42-50-65-82(92)74-81-64-54-55-66-83(81)89-86(93)69-51-38-32-28-24-20-16-15-18-22-26-30-34-44-58-75(3)4)80(73-78(77)61-47-37-14-12-10-8-2)63-49-41-43-53-71-88(95)91-85-68-57-56-67-84(85)90-87(94)70-52-39-33-29-25-21-17-19-23-27-31-35-45-59-76(5)6/h75-81,83-85H,7-74H2,1-6H3,(H,89,93)(H,90,94)(H,91,95)/t77?,78?,79?,80?,81-,83-,84+,85-/m0/s1. The molecule has 8 atom stereocenters. The molecule has 0 radical (unpaired) electrons. The lowest BCUT2D eigenvalue weighted by molar-refractivity contribution is -0.125. The average molecular weight is 1330 g/mol. The Morgan fingerprint density at radius 1 is 0.274 bits per heavy atom. The molecule has 3 N–H and O–H groups in total. The highest BCUT2D eigenvalue weighted by Crippen LogP contribution is 2.47. The number of ketones is 1. The Kier molecular flexibility index (Phi) is 56.9. The minimum absolute atomic E-state index is 0.0683. The molecule has 0 saturated heterocycles. The van der Waals surface area contributed by atoms with E-state index in [9.17, 15) is 19.2 Å². The zero-order valence-corrected chi connectivity index (χ0v) is 65.0. The van der Waals surface area contributed by atoms with E-state index in [2.05, 4.69) is 57.5 Å². The Morgan fingerprint density at radius 2 is 0.516 bits per heavy atom. The molecule has 0 aromatic heterocycles. The summed E-state index contributed by atoms with van der Waals surface area (Å²) in [4.78, 5) is 53.3. The molecule has 3 rings (SSSR count). The van der Waals surface area contributed by atoms with Gasteiger partial charge in [0.15, 0.2) is 0 Å². The van der Waals surface area contributed by atoms with Gasteiger partial charge in [0.05, 0.1) is 0 Å². The summed E-state index contributed by atoms with van der Waals surface area (Å²) < 4.78 is 0. The second-order valence-corrected chi connectivity index (χ2v) is 33.5. The van der Waals surface area contributed by atoms with Crippen molar-refractivity contribution in [1.29, 1.82) is 0 Å². The van der Waals surface area contributed by atoms with Crippen LogP contribution in [0, 0.1) is 41.4 Å². The van der Waals surface area contributed by atoms with E-state index in [1.807, 2.05) is 0 Å². The summed E-state index contributed by atoms with van der Waals surface area (Å²) in [6.45, 7) is 14.0. The fourth-order valence-electron chi connectivity index (χ4n) is 17.6. The fourth-order valence-corrected chi connectivity index (χ4v) is 17.6. The third-order valence-corrected chi connectivity index (χ3v) is 23.7. The van der Waals surface area contributed by atoms with E-state index < -0.39 is 0 Å². The first-order valence-electron chi connectivity index (χ1n) is 43.9. The largest absolute Gasteiger partial charge is 0.353 e. The topological polar surface area (TPSA) is 104 Å². The van der Waals surface area contributed by atoms with Crippen LogP contribution < -0.4 is 16.0 Å². The van der Waals surface area contributed by atoms with E-state index in [0.717, 1.165) is 125 Å². The summed E-state index contributed by atoms with van der Waals surface area (Å²) in [6, 6.07) is 0.321. The first-order valence-corrected chi connectivity index (χ1v) is 43.9. The van der Waals surface area contributed by atoms with Gasteiger partial charge in [-0.1, -0.05) is 382 Å². The van der Waals surface area contributed by atoms with Gasteiger partial charge in [0.25, 0.3) is 0 Å². The smallest absolute Gasteiger partial charge is 0.220 e. The van der Waals surface area contributed by atoms with Crippen molar-refractivity contribution >= 4 is 23.5 Å². The normalized spacial score (nSPS) is 20.8. The van der Waals surface area contributed by atoms with Crippen LogP contribution in [0.4, 0.5) is 0 Å². The van der Waals surface area contributed by atoms with Crippen LogP contribution in [0.5, 0.6) is 0 Å². The molecule has 95 heavy (non-hydrogen) atoms. The van der Waals surface area contributed by atoms with Crippen molar-refractivity contribution in [3.8, 4) is 0 Å². The van der Waals surface area contributed by atoms with Gasteiger partial charge in [-0.3, -0.25) is 19.2 Å². The molecule has 0 aromatic carbocycles. The molecule has 0 aromatic rings. The van der Waals surface area contributed by atoms with Gasteiger partial charge < -0.3 is 16.0 Å². The number of nitrogens with one attached hydrogen (secondary N) is 3. The highest BCUT2D eigenvalue weighted by Gasteiger charge is 2.36. The third kappa shape index (κ3) is 49.3. The van der Waals surface area contributed by atoms with Gasteiger partial charge in [-0.25, -0.2) is 0 Å². The Labute approximate surface area is 593 Å². The Balaban J connectivity index is 1.37. The molecule has 0 bridgehead atoms. The van der Waals surface area contributed by atoms with Gasteiger partial charge in [-0.2, -0.15) is 0 Å². The van der Waals surface area contributed by atoms with Crippen LogP contribution in [0.3, 0.4) is 0 Å². The van der Waals surface area contributed by atoms with Crippen molar-refractivity contribution in [2.75, 3.05) is 0 Å². The molecule has 3 aliphatic rings. The molecule has 558 valence electrons. The number of hydrogen-bond acceptors (Lipinski definition) is 4. The number of Topliss-reactive ketones (excluding diaryl/α,β-unsaturated/α-hetero) is 1. The number of hydrogen-bond donors (Lipinski definition) is 3. The lowest BCUT2D eigenvalue weighted by Crippen LogP contribution is -2.53. The Hall–Kier alpha value is -1.92. The second kappa shape index (κ2) is 61.9. The maximum Gasteiger partial charge on any atom is 0.220 e. The first-order chi connectivity index (χ1) is 46.5. The molecule has 7 nitrogen and oxygen atoms in total. The summed E-state index contributed by atoms with van der Waals surface area (Å²) >= 11 is 0. The summed E-state index contributed by atoms with van der Waals surface area (Å²) in [6.07, 6.45) is 85.2. The lowest BCUT2D eigenvalue weighted by atomic mass is 9.63. The monoisotopic (exact) mass is 1330 g/mol.